The third kappa shape index (κ3) is 3.88. The molecule has 6 aromatic heterocycles. The minimum absolute atomic E-state index is 0.106. The molecule has 7 aromatic rings. The number of nitrogens with one attached hydrogen (secondary N) is 1. The fraction of sp³-hybridized carbons (Fsp3) is 0.100. The summed E-state index contributed by atoms with van der Waals surface area (Å²) in [6.07, 6.45) is 10.00. The first-order valence-corrected chi connectivity index (χ1v) is 13.5. The third-order valence-electron chi connectivity index (χ3n) is 7.61. The molecule has 6 heterocycles. The lowest BCUT2D eigenvalue weighted by atomic mass is 10.1. The molecule has 1 amide bonds. The van der Waals surface area contributed by atoms with Crippen molar-refractivity contribution < 1.29 is 4.79 Å². The number of nitrogen functional groups attached to an aromatic ring is 1. The lowest BCUT2D eigenvalue weighted by Crippen LogP contribution is -2.27. The van der Waals surface area contributed by atoms with E-state index in [-0.39, 0.29) is 11.9 Å². The molecular formula is C30H23N11O. The number of aryl methyl sites for hydroxylation is 1. The summed E-state index contributed by atoms with van der Waals surface area (Å²) in [5.74, 6) is 1.55. The SMILES string of the molecule is Nc1ncccc1-c1nc2ccc(-n3cccn3)nc2n1-c1ccc2c(c1)CC[C@@H]2NC(=O)c1ccc2ncnn2c1. The third-order valence-corrected chi connectivity index (χ3v) is 7.61. The van der Waals surface area contributed by atoms with Gasteiger partial charge in [0.1, 0.15) is 17.7 Å². The standard InChI is InChI=1S/C30H23N11O/c31-27-22(3-1-12-32-27)28-36-24-9-11-26(39-14-2-13-34-39)38-29(24)41(28)20-6-7-21-18(15-20)4-8-23(21)37-30(42)19-5-10-25-33-17-35-40(25)16-19/h1-3,5-7,9-17,23H,4,8H2,(H2,31,32)(H,37,42)/t23-/m0/s1. The predicted molar refractivity (Wildman–Crippen MR) is 155 cm³/mol. The van der Waals surface area contributed by atoms with E-state index in [2.05, 4.69) is 37.6 Å². The van der Waals surface area contributed by atoms with Crippen molar-refractivity contribution in [2.75, 3.05) is 5.73 Å². The normalized spacial score (nSPS) is 14.4. The number of hydrogen-bond acceptors (Lipinski definition) is 8. The Bertz CT molecular complexity index is 2130. The zero-order valence-electron chi connectivity index (χ0n) is 22.2. The van der Waals surface area contributed by atoms with Gasteiger partial charge in [-0.25, -0.2) is 29.1 Å². The molecule has 0 spiro atoms. The van der Waals surface area contributed by atoms with E-state index in [1.807, 2.05) is 47.2 Å². The maximum atomic E-state index is 13.1. The Balaban J connectivity index is 1.19. The second-order valence-electron chi connectivity index (χ2n) is 10.1. The molecule has 1 aromatic carbocycles. The van der Waals surface area contributed by atoms with Crippen LogP contribution < -0.4 is 11.1 Å². The molecule has 42 heavy (non-hydrogen) atoms. The zero-order valence-corrected chi connectivity index (χ0v) is 22.2. The highest BCUT2D eigenvalue weighted by Gasteiger charge is 2.26. The number of nitrogens with zero attached hydrogens (tertiary/aromatic N) is 9. The van der Waals surface area contributed by atoms with Gasteiger partial charge in [-0.1, -0.05) is 6.07 Å². The summed E-state index contributed by atoms with van der Waals surface area (Å²) in [6, 6.07) is 19.1. The van der Waals surface area contributed by atoms with E-state index in [1.165, 1.54) is 6.33 Å². The van der Waals surface area contributed by atoms with Gasteiger partial charge in [-0.3, -0.25) is 9.36 Å². The Hall–Kier alpha value is -5.91. The van der Waals surface area contributed by atoms with E-state index < -0.39 is 0 Å². The Labute approximate surface area is 238 Å². The first-order valence-electron chi connectivity index (χ1n) is 13.5. The van der Waals surface area contributed by atoms with Crippen LogP contribution in [0.15, 0.2) is 91.8 Å². The molecule has 1 aliphatic carbocycles. The van der Waals surface area contributed by atoms with Gasteiger partial charge in [-0.15, -0.1) is 0 Å². The number of fused-ring (bicyclic) bond motifs is 3. The highest BCUT2D eigenvalue weighted by molar-refractivity contribution is 5.94. The molecule has 0 aliphatic heterocycles. The number of benzene rings is 1. The van der Waals surface area contributed by atoms with Crippen LogP contribution in [-0.2, 0) is 6.42 Å². The number of imidazole rings is 1. The summed E-state index contributed by atoms with van der Waals surface area (Å²) in [5, 5.41) is 11.7. The van der Waals surface area contributed by atoms with Gasteiger partial charge in [-0.2, -0.15) is 10.2 Å². The van der Waals surface area contributed by atoms with E-state index in [0.717, 1.165) is 35.2 Å². The van der Waals surface area contributed by atoms with Crippen LogP contribution in [0, 0.1) is 0 Å². The van der Waals surface area contributed by atoms with Crippen molar-refractivity contribution in [3.05, 3.63) is 108 Å². The Morgan fingerprint density at radius 2 is 1.93 bits per heavy atom. The molecule has 1 aliphatic rings. The number of carbonyl (C=O) groups is 1. The van der Waals surface area contributed by atoms with Gasteiger partial charge >= 0.3 is 0 Å². The van der Waals surface area contributed by atoms with Gasteiger partial charge in [0, 0.05) is 30.5 Å². The van der Waals surface area contributed by atoms with Crippen LogP contribution in [0.2, 0.25) is 0 Å². The quantitative estimate of drug-likeness (QED) is 0.328. The number of nitrogens with two attached hydrogens (primary N) is 1. The number of pyridine rings is 3. The van der Waals surface area contributed by atoms with Crippen LogP contribution in [0.3, 0.4) is 0 Å². The van der Waals surface area contributed by atoms with E-state index in [4.69, 9.17) is 15.7 Å². The van der Waals surface area contributed by atoms with E-state index in [1.54, 1.807) is 39.9 Å². The molecule has 1 atom stereocenters. The topological polar surface area (TPSA) is 147 Å². The van der Waals surface area contributed by atoms with Crippen LogP contribution in [0.4, 0.5) is 5.82 Å². The van der Waals surface area contributed by atoms with Crippen molar-refractivity contribution in [1.29, 1.82) is 0 Å². The highest BCUT2D eigenvalue weighted by Crippen LogP contribution is 2.36. The van der Waals surface area contributed by atoms with Crippen molar-refractivity contribution in [3.8, 4) is 22.9 Å². The molecule has 0 unspecified atom stereocenters. The molecule has 0 saturated carbocycles. The molecule has 12 nitrogen and oxygen atoms in total. The molecule has 0 fully saturated rings. The van der Waals surface area contributed by atoms with Gasteiger partial charge in [0.25, 0.3) is 5.91 Å². The number of amides is 1. The Morgan fingerprint density at radius 3 is 2.81 bits per heavy atom. The minimum Gasteiger partial charge on any atom is -0.383 e. The lowest BCUT2D eigenvalue weighted by Gasteiger charge is -2.16. The summed E-state index contributed by atoms with van der Waals surface area (Å²) < 4.78 is 5.32. The smallest absolute Gasteiger partial charge is 0.253 e. The van der Waals surface area contributed by atoms with Crippen LogP contribution in [-0.4, -0.2) is 49.8 Å². The van der Waals surface area contributed by atoms with Crippen molar-refractivity contribution >= 4 is 28.5 Å². The predicted octanol–water partition coefficient (Wildman–Crippen LogP) is 3.71. The monoisotopic (exact) mass is 553 g/mol. The second kappa shape index (κ2) is 9.34. The summed E-state index contributed by atoms with van der Waals surface area (Å²) in [6.45, 7) is 0. The molecule has 0 bridgehead atoms. The average Bonchev–Trinajstić information content (AvgIpc) is 3.83. The molecule has 3 N–H and O–H groups in total. The maximum absolute atomic E-state index is 13.1. The van der Waals surface area contributed by atoms with Crippen LogP contribution in [0.5, 0.6) is 0 Å². The maximum Gasteiger partial charge on any atom is 0.253 e. The van der Waals surface area contributed by atoms with E-state index >= 15 is 0 Å². The first kappa shape index (κ1) is 23.9. The second-order valence-corrected chi connectivity index (χ2v) is 10.1. The molecule has 8 rings (SSSR count). The van der Waals surface area contributed by atoms with Gasteiger partial charge in [0.05, 0.1) is 17.2 Å². The summed E-state index contributed by atoms with van der Waals surface area (Å²) in [7, 11) is 0. The highest BCUT2D eigenvalue weighted by atomic mass is 16.1. The fourth-order valence-corrected chi connectivity index (χ4v) is 5.60. The average molecular weight is 554 g/mol. The fourth-order valence-electron chi connectivity index (χ4n) is 5.60. The minimum atomic E-state index is -0.153. The Morgan fingerprint density at radius 1 is 0.976 bits per heavy atom. The van der Waals surface area contributed by atoms with E-state index in [9.17, 15) is 4.79 Å². The summed E-state index contributed by atoms with van der Waals surface area (Å²) in [5.41, 5.74) is 12.8. The van der Waals surface area contributed by atoms with Gasteiger partial charge in [0.2, 0.25) is 0 Å². The lowest BCUT2D eigenvalue weighted by molar-refractivity contribution is 0.0936. The number of carbonyl (C=O) groups excluding carboxylic acids is 1. The zero-order chi connectivity index (χ0) is 28.2. The number of aromatic nitrogens is 9. The number of rotatable bonds is 5. The molecule has 204 valence electrons. The van der Waals surface area contributed by atoms with Crippen LogP contribution in [0.25, 0.3) is 39.7 Å². The number of hydrogen-bond donors (Lipinski definition) is 2. The summed E-state index contributed by atoms with van der Waals surface area (Å²) in [4.78, 5) is 31.4. The van der Waals surface area contributed by atoms with Crippen molar-refractivity contribution in [3.63, 3.8) is 0 Å². The Kier molecular flexibility index (Phi) is 5.32. The van der Waals surface area contributed by atoms with Crippen LogP contribution >= 0.6 is 0 Å². The van der Waals surface area contributed by atoms with Crippen molar-refractivity contribution in [2.24, 2.45) is 0 Å². The molecule has 0 saturated heterocycles. The molecular weight excluding hydrogens is 530 g/mol. The van der Waals surface area contributed by atoms with Crippen molar-refractivity contribution in [2.45, 2.75) is 18.9 Å². The van der Waals surface area contributed by atoms with Crippen molar-refractivity contribution in [1.82, 2.24) is 49.2 Å². The first-order chi connectivity index (χ1) is 20.6. The van der Waals surface area contributed by atoms with Crippen LogP contribution in [0.1, 0.15) is 33.9 Å². The van der Waals surface area contributed by atoms with Gasteiger partial charge in [-0.05, 0) is 78.6 Å². The molecule has 0 radical (unpaired) electrons. The van der Waals surface area contributed by atoms with E-state index in [0.29, 0.717) is 39.9 Å². The summed E-state index contributed by atoms with van der Waals surface area (Å²) >= 11 is 0. The molecule has 12 heteroatoms. The van der Waals surface area contributed by atoms with Gasteiger partial charge < -0.3 is 11.1 Å². The number of anilines is 1. The van der Waals surface area contributed by atoms with Gasteiger partial charge in [0.15, 0.2) is 22.9 Å². The largest absolute Gasteiger partial charge is 0.383 e.